The molecule has 0 fully saturated rings. The van der Waals surface area contributed by atoms with E-state index < -0.39 is 23.6 Å². The summed E-state index contributed by atoms with van der Waals surface area (Å²) in [7, 11) is 1.27. The highest BCUT2D eigenvalue weighted by Crippen LogP contribution is 2.33. The van der Waals surface area contributed by atoms with Gasteiger partial charge in [0.05, 0.1) is 7.11 Å². The maximum Gasteiger partial charge on any atom is 0.422 e. The number of rotatable bonds is 4. The Morgan fingerprint density at radius 2 is 2.11 bits per heavy atom. The van der Waals surface area contributed by atoms with Gasteiger partial charge < -0.3 is 15.2 Å². The van der Waals surface area contributed by atoms with E-state index in [0.717, 1.165) is 6.20 Å². The number of anilines is 1. The van der Waals surface area contributed by atoms with Crippen LogP contribution in [0.2, 0.25) is 0 Å². The molecule has 2 N–H and O–H groups in total. The Bertz CT molecular complexity index is 452. The highest BCUT2D eigenvalue weighted by atomic mass is 19.4. The molecule has 0 radical (unpaired) electrons. The molecule has 0 spiro atoms. The van der Waals surface area contributed by atoms with Gasteiger partial charge in [-0.15, -0.1) is 0 Å². The van der Waals surface area contributed by atoms with Crippen molar-refractivity contribution in [2.24, 2.45) is 0 Å². The number of aliphatic carboxylic acids is 1. The Morgan fingerprint density at radius 1 is 1.50 bits per heavy atom. The summed E-state index contributed by atoms with van der Waals surface area (Å²) < 4.78 is 42.8. The maximum absolute atomic E-state index is 12.7. The lowest BCUT2D eigenvalue weighted by Crippen LogP contribution is -2.55. The van der Waals surface area contributed by atoms with Crippen molar-refractivity contribution < 1.29 is 27.8 Å². The van der Waals surface area contributed by atoms with Crippen LogP contribution in [0.3, 0.4) is 0 Å². The SMILES string of the molecule is COc1ccnc(NC(C)(C(=O)O)C(F)(F)F)n1. The standard InChI is InChI=1S/C9H10F3N3O3/c1-8(6(16)17,9(10,11)12)15-7-13-4-3-5(14-7)18-2/h3-4H,1-2H3,(H,16,17)(H,13,14,15). The summed E-state index contributed by atoms with van der Waals surface area (Å²) >= 11 is 0. The number of halogens is 3. The van der Waals surface area contributed by atoms with E-state index in [1.54, 1.807) is 5.32 Å². The third-order valence-electron chi connectivity index (χ3n) is 2.20. The average molecular weight is 265 g/mol. The maximum atomic E-state index is 12.7. The number of hydrogen-bond acceptors (Lipinski definition) is 5. The Kier molecular flexibility index (Phi) is 3.63. The lowest BCUT2D eigenvalue weighted by Gasteiger charge is -2.28. The molecule has 0 aliphatic rings. The number of nitrogens with zero attached hydrogens (tertiary/aromatic N) is 2. The summed E-state index contributed by atoms with van der Waals surface area (Å²) in [6.07, 6.45) is -3.86. The van der Waals surface area contributed by atoms with Gasteiger partial charge in [0, 0.05) is 12.3 Å². The Labute approximate surface area is 99.8 Å². The topological polar surface area (TPSA) is 84.3 Å². The molecule has 18 heavy (non-hydrogen) atoms. The highest BCUT2D eigenvalue weighted by Gasteiger charge is 2.58. The van der Waals surface area contributed by atoms with Gasteiger partial charge >= 0.3 is 12.1 Å². The molecule has 0 aromatic carbocycles. The van der Waals surface area contributed by atoms with Crippen molar-refractivity contribution in [1.29, 1.82) is 0 Å². The fourth-order valence-electron chi connectivity index (χ4n) is 0.985. The summed E-state index contributed by atoms with van der Waals surface area (Å²) in [6, 6.07) is 1.32. The van der Waals surface area contributed by atoms with E-state index in [-0.39, 0.29) is 5.88 Å². The van der Waals surface area contributed by atoms with Crippen molar-refractivity contribution in [1.82, 2.24) is 9.97 Å². The predicted molar refractivity (Wildman–Crippen MR) is 54.3 cm³/mol. The molecule has 0 saturated heterocycles. The van der Waals surface area contributed by atoms with E-state index in [4.69, 9.17) is 9.84 Å². The first-order chi connectivity index (χ1) is 8.20. The Balaban J connectivity index is 3.08. The number of carboxylic acid groups (broad SMARTS) is 1. The molecule has 1 heterocycles. The van der Waals surface area contributed by atoms with Crippen LogP contribution in [0.1, 0.15) is 6.92 Å². The van der Waals surface area contributed by atoms with Gasteiger partial charge in [-0.3, -0.25) is 0 Å². The minimum absolute atomic E-state index is 0.0161. The third kappa shape index (κ3) is 2.60. The molecule has 1 unspecified atom stereocenters. The van der Waals surface area contributed by atoms with Gasteiger partial charge in [-0.1, -0.05) is 0 Å². The molecule has 0 aliphatic heterocycles. The largest absolute Gasteiger partial charge is 0.481 e. The van der Waals surface area contributed by atoms with Crippen molar-refractivity contribution in [2.45, 2.75) is 18.6 Å². The number of nitrogens with one attached hydrogen (secondary N) is 1. The van der Waals surface area contributed by atoms with Crippen LogP contribution < -0.4 is 10.1 Å². The van der Waals surface area contributed by atoms with Crippen LogP contribution in [0.4, 0.5) is 19.1 Å². The monoisotopic (exact) mass is 265 g/mol. The number of carboxylic acids is 1. The zero-order valence-electron chi connectivity index (χ0n) is 9.45. The first-order valence-electron chi connectivity index (χ1n) is 4.66. The number of ether oxygens (including phenoxy) is 1. The van der Waals surface area contributed by atoms with Gasteiger partial charge in [0.1, 0.15) is 0 Å². The second-order valence-corrected chi connectivity index (χ2v) is 3.48. The summed E-state index contributed by atoms with van der Waals surface area (Å²) in [5, 5.41) is 10.4. The first kappa shape index (κ1) is 14.0. The van der Waals surface area contributed by atoms with Crippen LogP contribution >= 0.6 is 0 Å². The second-order valence-electron chi connectivity index (χ2n) is 3.48. The van der Waals surface area contributed by atoms with Crippen LogP contribution in [-0.4, -0.2) is 39.9 Å². The molecule has 0 bridgehead atoms. The zero-order chi connectivity index (χ0) is 14.0. The summed E-state index contributed by atoms with van der Waals surface area (Å²) in [4.78, 5) is 17.8. The summed E-state index contributed by atoms with van der Waals surface area (Å²) in [5.41, 5.74) is -3.18. The van der Waals surface area contributed by atoms with Crippen molar-refractivity contribution >= 4 is 11.9 Å². The fourth-order valence-corrected chi connectivity index (χ4v) is 0.985. The second kappa shape index (κ2) is 4.67. The molecule has 1 atom stereocenters. The molecule has 100 valence electrons. The normalized spacial score (nSPS) is 14.7. The molecule has 9 heteroatoms. The van der Waals surface area contributed by atoms with Gasteiger partial charge in [-0.2, -0.15) is 18.2 Å². The van der Waals surface area contributed by atoms with E-state index in [1.165, 1.54) is 13.2 Å². The minimum atomic E-state index is -5.01. The number of alkyl halides is 3. The van der Waals surface area contributed by atoms with Gasteiger partial charge in [-0.25, -0.2) is 9.78 Å². The first-order valence-corrected chi connectivity index (χ1v) is 4.66. The van der Waals surface area contributed by atoms with Crippen LogP contribution in [-0.2, 0) is 4.79 Å². The summed E-state index contributed by atoms with van der Waals surface area (Å²) in [5.74, 6) is -2.56. The van der Waals surface area contributed by atoms with Crippen molar-refractivity contribution in [3.8, 4) is 5.88 Å². The number of carbonyl (C=O) groups is 1. The van der Waals surface area contributed by atoms with Gasteiger partial charge in [0.25, 0.3) is 0 Å². The molecular formula is C9H10F3N3O3. The van der Waals surface area contributed by atoms with Gasteiger partial charge in [-0.05, 0) is 6.92 Å². The zero-order valence-corrected chi connectivity index (χ0v) is 9.45. The van der Waals surface area contributed by atoms with Crippen molar-refractivity contribution in [3.05, 3.63) is 12.3 Å². The van der Waals surface area contributed by atoms with Crippen molar-refractivity contribution in [2.75, 3.05) is 12.4 Å². The average Bonchev–Trinajstić information content (AvgIpc) is 2.27. The molecule has 0 saturated carbocycles. The number of aromatic nitrogens is 2. The van der Waals surface area contributed by atoms with E-state index in [1.807, 2.05) is 0 Å². The predicted octanol–water partition coefficient (Wildman–Crippen LogP) is 1.30. The third-order valence-corrected chi connectivity index (χ3v) is 2.20. The Morgan fingerprint density at radius 3 is 2.56 bits per heavy atom. The lowest BCUT2D eigenvalue weighted by atomic mass is 10.0. The summed E-state index contributed by atoms with van der Waals surface area (Å²) in [6.45, 7) is 0.484. The number of methoxy groups -OCH3 is 1. The van der Waals surface area contributed by atoms with Crippen LogP contribution in [0, 0.1) is 0 Å². The molecule has 1 aromatic heterocycles. The molecule has 0 aliphatic carbocycles. The van der Waals surface area contributed by atoms with E-state index in [2.05, 4.69) is 9.97 Å². The van der Waals surface area contributed by atoms with Crippen LogP contribution in [0.5, 0.6) is 5.88 Å². The molecule has 0 amide bonds. The molecule has 1 rings (SSSR count). The van der Waals surface area contributed by atoms with Gasteiger partial charge in [0.15, 0.2) is 0 Å². The highest BCUT2D eigenvalue weighted by molar-refractivity contribution is 5.82. The molecule has 6 nitrogen and oxygen atoms in total. The smallest absolute Gasteiger partial charge is 0.422 e. The van der Waals surface area contributed by atoms with Crippen LogP contribution in [0.15, 0.2) is 12.3 Å². The quantitative estimate of drug-likeness (QED) is 0.853. The van der Waals surface area contributed by atoms with E-state index >= 15 is 0 Å². The Hall–Kier alpha value is -2.06. The van der Waals surface area contributed by atoms with E-state index in [9.17, 15) is 18.0 Å². The molecule has 1 aromatic rings. The van der Waals surface area contributed by atoms with Gasteiger partial charge in [0.2, 0.25) is 17.4 Å². The minimum Gasteiger partial charge on any atom is -0.481 e. The van der Waals surface area contributed by atoms with Crippen molar-refractivity contribution in [3.63, 3.8) is 0 Å². The fraction of sp³-hybridized carbons (Fsp3) is 0.444. The van der Waals surface area contributed by atoms with Crippen LogP contribution in [0.25, 0.3) is 0 Å². The van der Waals surface area contributed by atoms with E-state index in [0.29, 0.717) is 6.92 Å². The molecular weight excluding hydrogens is 255 g/mol. The lowest BCUT2D eigenvalue weighted by molar-refractivity contribution is -0.193. The number of hydrogen-bond donors (Lipinski definition) is 2.